The first-order chi connectivity index (χ1) is 8.24. The number of nitrogens with zero attached hydrogens (tertiary/aromatic N) is 1. The number of benzene rings is 1. The fourth-order valence-electron chi connectivity index (χ4n) is 1.78. The lowest BCUT2D eigenvalue weighted by Gasteiger charge is -2.26. The van der Waals surface area contributed by atoms with Crippen LogP contribution in [0.2, 0.25) is 0 Å². The van der Waals surface area contributed by atoms with Crippen LogP contribution in [0.15, 0.2) is 24.3 Å². The van der Waals surface area contributed by atoms with Gasteiger partial charge < -0.3 is 10.5 Å². The molecule has 1 aromatic carbocycles. The van der Waals surface area contributed by atoms with E-state index < -0.39 is 0 Å². The highest BCUT2D eigenvalue weighted by Gasteiger charge is 2.13. The Morgan fingerprint density at radius 3 is 2.88 bits per heavy atom. The molecule has 0 aliphatic carbocycles. The molecule has 5 heteroatoms. The zero-order chi connectivity index (χ0) is 12.1. The summed E-state index contributed by atoms with van der Waals surface area (Å²) >= 11 is 0. The van der Waals surface area contributed by atoms with E-state index in [0.29, 0.717) is 25.3 Å². The first kappa shape index (κ1) is 11.9. The molecule has 0 saturated carbocycles. The van der Waals surface area contributed by atoms with Crippen molar-refractivity contribution in [2.24, 2.45) is 0 Å². The summed E-state index contributed by atoms with van der Waals surface area (Å²) in [5.41, 5.74) is 10.1. The molecule has 1 aliphatic rings. The molecule has 0 unspecified atom stereocenters. The molecule has 1 aromatic rings. The number of hydrogen-bond acceptors (Lipinski definition) is 4. The molecule has 92 valence electrons. The van der Waals surface area contributed by atoms with Crippen molar-refractivity contribution in [1.29, 1.82) is 0 Å². The van der Waals surface area contributed by atoms with Crippen LogP contribution < -0.4 is 11.2 Å². The fourth-order valence-corrected chi connectivity index (χ4v) is 1.78. The van der Waals surface area contributed by atoms with Gasteiger partial charge in [-0.25, -0.2) is 5.01 Å². The number of hydrazine groups is 1. The first-order valence-electron chi connectivity index (χ1n) is 5.70. The summed E-state index contributed by atoms with van der Waals surface area (Å²) in [6, 6.07) is 7.38. The van der Waals surface area contributed by atoms with Crippen LogP contribution in [-0.2, 0) is 16.0 Å². The number of hydrogen-bond donors (Lipinski definition) is 2. The van der Waals surface area contributed by atoms with E-state index in [1.165, 1.54) is 0 Å². The van der Waals surface area contributed by atoms with Crippen molar-refractivity contribution < 1.29 is 9.53 Å². The number of ether oxygens (including phenoxy) is 1. The molecule has 1 aliphatic heterocycles. The van der Waals surface area contributed by atoms with Gasteiger partial charge in [-0.1, -0.05) is 12.1 Å². The van der Waals surface area contributed by atoms with E-state index in [9.17, 15) is 4.79 Å². The molecule has 0 bridgehead atoms. The highest BCUT2D eigenvalue weighted by Crippen LogP contribution is 2.07. The van der Waals surface area contributed by atoms with Gasteiger partial charge in [-0.15, -0.1) is 0 Å². The van der Waals surface area contributed by atoms with Crippen molar-refractivity contribution in [2.45, 2.75) is 6.42 Å². The summed E-state index contributed by atoms with van der Waals surface area (Å²) in [6.45, 7) is 2.81. The Bertz CT molecular complexity index is 389. The van der Waals surface area contributed by atoms with Crippen LogP contribution in [0.4, 0.5) is 5.69 Å². The predicted octanol–water partition coefficient (Wildman–Crippen LogP) is 0.175. The molecule has 0 radical (unpaired) electrons. The van der Waals surface area contributed by atoms with E-state index in [2.05, 4.69) is 5.43 Å². The van der Waals surface area contributed by atoms with Gasteiger partial charge >= 0.3 is 0 Å². The number of carbonyl (C=O) groups excluding carboxylic acids is 1. The van der Waals surface area contributed by atoms with Crippen LogP contribution in [-0.4, -0.2) is 37.2 Å². The van der Waals surface area contributed by atoms with Crippen LogP contribution in [0.1, 0.15) is 5.56 Å². The number of carbonyl (C=O) groups is 1. The second-order valence-corrected chi connectivity index (χ2v) is 4.06. The van der Waals surface area contributed by atoms with Crippen LogP contribution in [0, 0.1) is 0 Å². The lowest BCUT2D eigenvalue weighted by atomic mass is 10.1. The van der Waals surface area contributed by atoms with E-state index in [-0.39, 0.29) is 5.91 Å². The molecule has 1 amide bonds. The summed E-state index contributed by atoms with van der Waals surface area (Å²) in [4.78, 5) is 11.8. The maximum Gasteiger partial charge on any atom is 0.238 e. The largest absolute Gasteiger partial charge is 0.399 e. The summed E-state index contributed by atoms with van der Waals surface area (Å²) in [6.07, 6.45) is 0.350. The van der Waals surface area contributed by atoms with Gasteiger partial charge in [0, 0.05) is 18.8 Å². The van der Waals surface area contributed by atoms with Crippen molar-refractivity contribution in [3.05, 3.63) is 29.8 Å². The quantitative estimate of drug-likeness (QED) is 0.733. The smallest absolute Gasteiger partial charge is 0.238 e. The fraction of sp³-hybridized carbons (Fsp3) is 0.417. The van der Waals surface area contributed by atoms with E-state index in [0.717, 1.165) is 18.7 Å². The maximum atomic E-state index is 11.8. The molecule has 17 heavy (non-hydrogen) atoms. The summed E-state index contributed by atoms with van der Waals surface area (Å²) in [5.74, 6) is -0.0162. The van der Waals surface area contributed by atoms with Crippen LogP contribution in [0.3, 0.4) is 0 Å². The molecule has 3 N–H and O–H groups in total. The van der Waals surface area contributed by atoms with Gasteiger partial charge in [0.2, 0.25) is 5.91 Å². The Labute approximate surface area is 101 Å². The number of morpholine rings is 1. The van der Waals surface area contributed by atoms with Crippen LogP contribution >= 0.6 is 0 Å². The van der Waals surface area contributed by atoms with Crippen LogP contribution in [0.25, 0.3) is 0 Å². The molecule has 1 saturated heterocycles. The van der Waals surface area contributed by atoms with Gasteiger partial charge in [0.1, 0.15) is 0 Å². The minimum absolute atomic E-state index is 0.0162. The molecule has 0 spiro atoms. The standard InChI is InChI=1S/C12H17N3O2/c13-11-3-1-2-10(8-11)9-12(16)14-15-4-6-17-7-5-15/h1-3,8H,4-7,9,13H2,(H,14,16). The third kappa shape index (κ3) is 3.72. The van der Waals surface area contributed by atoms with Gasteiger partial charge in [-0.2, -0.15) is 0 Å². The third-order valence-corrected chi connectivity index (χ3v) is 2.61. The number of nitrogen functional groups attached to an aromatic ring is 1. The zero-order valence-electron chi connectivity index (χ0n) is 9.69. The molecule has 1 fully saturated rings. The second kappa shape index (κ2) is 5.65. The Hall–Kier alpha value is -1.59. The second-order valence-electron chi connectivity index (χ2n) is 4.06. The number of nitrogens with two attached hydrogens (primary N) is 1. The number of amides is 1. The predicted molar refractivity (Wildman–Crippen MR) is 65.1 cm³/mol. The van der Waals surface area contributed by atoms with E-state index in [1.807, 2.05) is 29.3 Å². The molecular formula is C12H17N3O2. The third-order valence-electron chi connectivity index (χ3n) is 2.61. The zero-order valence-corrected chi connectivity index (χ0v) is 9.69. The van der Waals surface area contributed by atoms with Crippen molar-refractivity contribution in [2.75, 3.05) is 32.0 Å². The van der Waals surface area contributed by atoms with E-state index in [4.69, 9.17) is 10.5 Å². The molecule has 1 heterocycles. The Kier molecular flexibility index (Phi) is 3.95. The minimum atomic E-state index is -0.0162. The summed E-state index contributed by atoms with van der Waals surface area (Å²) in [7, 11) is 0. The van der Waals surface area contributed by atoms with Gasteiger partial charge in [0.25, 0.3) is 0 Å². The highest BCUT2D eigenvalue weighted by molar-refractivity contribution is 5.78. The van der Waals surface area contributed by atoms with Gasteiger partial charge in [0.15, 0.2) is 0 Å². The molecule has 0 atom stereocenters. The minimum Gasteiger partial charge on any atom is -0.399 e. The molecular weight excluding hydrogens is 218 g/mol. The Morgan fingerprint density at radius 1 is 1.41 bits per heavy atom. The van der Waals surface area contributed by atoms with Gasteiger partial charge in [0.05, 0.1) is 19.6 Å². The average Bonchev–Trinajstić information content (AvgIpc) is 2.30. The number of anilines is 1. The first-order valence-corrected chi connectivity index (χ1v) is 5.70. The maximum absolute atomic E-state index is 11.8. The van der Waals surface area contributed by atoms with Gasteiger partial charge in [-0.05, 0) is 17.7 Å². The van der Waals surface area contributed by atoms with Gasteiger partial charge in [-0.3, -0.25) is 10.2 Å². The SMILES string of the molecule is Nc1cccc(CC(=O)NN2CCOCC2)c1. The Morgan fingerprint density at radius 2 is 2.18 bits per heavy atom. The lowest BCUT2D eigenvalue weighted by Crippen LogP contribution is -2.48. The summed E-state index contributed by atoms with van der Waals surface area (Å²) < 4.78 is 5.21. The lowest BCUT2D eigenvalue weighted by molar-refractivity contribution is -0.127. The molecule has 2 rings (SSSR count). The monoisotopic (exact) mass is 235 g/mol. The molecule has 5 nitrogen and oxygen atoms in total. The van der Waals surface area contributed by atoms with Crippen molar-refractivity contribution in [1.82, 2.24) is 10.4 Å². The number of rotatable bonds is 3. The summed E-state index contributed by atoms with van der Waals surface area (Å²) in [5, 5.41) is 1.89. The number of nitrogens with one attached hydrogen (secondary N) is 1. The normalized spacial score (nSPS) is 16.7. The average molecular weight is 235 g/mol. The van der Waals surface area contributed by atoms with Crippen LogP contribution in [0.5, 0.6) is 0 Å². The van der Waals surface area contributed by atoms with Crippen molar-refractivity contribution in [3.8, 4) is 0 Å². The van der Waals surface area contributed by atoms with Crippen molar-refractivity contribution >= 4 is 11.6 Å². The highest BCUT2D eigenvalue weighted by atomic mass is 16.5. The van der Waals surface area contributed by atoms with E-state index in [1.54, 1.807) is 0 Å². The molecule has 0 aromatic heterocycles. The Balaban J connectivity index is 1.84. The van der Waals surface area contributed by atoms with Crippen molar-refractivity contribution in [3.63, 3.8) is 0 Å². The topological polar surface area (TPSA) is 67.6 Å². The van der Waals surface area contributed by atoms with E-state index >= 15 is 0 Å².